The third-order valence-electron chi connectivity index (χ3n) is 2.56. The fourth-order valence-corrected chi connectivity index (χ4v) is 1.64. The first kappa shape index (κ1) is 13.1. The van der Waals surface area contributed by atoms with E-state index in [-0.39, 0.29) is 0 Å². The molecular formula is C15H16N2O2. The van der Waals surface area contributed by atoms with Crippen molar-refractivity contribution in [3.63, 3.8) is 0 Å². The molecule has 0 aliphatic heterocycles. The number of amides is 1. The molecule has 19 heavy (non-hydrogen) atoms. The number of hydrogen-bond donors (Lipinski definition) is 1. The molecule has 4 nitrogen and oxygen atoms in total. The number of ether oxygens (including phenoxy) is 1. The maximum absolute atomic E-state index is 11.5. The second kappa shape index (κ2) is 7.16. The van der Waals surface area contributed by atoms with Gasteiger partial charge in [-0.3, -0.25) is 10.3 Å². The maximum atomic E-state index is 11.5. The minimum absolute atomic E-state index is 0.384. The highest BCUT2D eigenvalue weighted by molar-refractivity contribution is 5.84. The number of aromatic nitrogens is 1. The molecular weight excluding hydrogens is 240 g/mol. The number of carbonyl (C=O) groups is 1. The van der Waals surface area contributed by atoms with Crippen molar-refractivity contribution in [2.75, 3.05) is 11.9 Å². The zero-order valence-electron chi connectivity index (χ0n) is 10.6. The summed E-state index contributed by atoms with van der Waals surface area (Å²) < 4.78 is 5.09. The van der Waals surface area contributed by atoms with E-state index in [1.54, 1.807) is 6.20 Å². The van der Waals surface area contributed by atoms with E-state index in [0.717, 1.165) is 24.2 Å². The van der Waals surface area contributed by atoms with Crippen LogP contribution in [-0.2, 0) is 11.2 Å². The minimum atomic E-state index is -0.424. The summed E-state index contributed by atoms with van der Waals surface area (Å²) >= 11 is 0. The Kier molecular flexibility index (Phi) is 4.93. The van der Waals surface area contributed by atoms with E-state index < -0.39 is 6.09 Å². The molecule has 1 amide bonds. The lowest BCUT2D eigenvalue weighted by Crippen LogP contribution is -2.14. The van der Waals surface area contributed by atoms with Crippen LogP contribution < -0.4 is 5.32 Å². The van der Waals surface area contributed by atoms with E-state index in [9.17, 15) is 4.79 Å². The summed E-state index contributed by atoms with van der Waals surface area (Å²) in [5.74, 6) is 0. The number of nitrogens with one attached hydrogen (secondary N) is 1. The Balaban J connectivity index is 1.65. The van der Waals surface area contributed by atoms with Crippen LogP contribution in [0, 0.1) is 0 Å². The highest BCUT2D eigenvalue weighted by Gasteiger charge is 2.02. The van der Waals surface area contributed by atoms with Crippen molar-refractivity contribution < 1.29 is 9.53 Å². The number of anilines is 1. The Morgan fingerprint density at radius 1 is 1.11 bits per heavy atom. The summed E-state index contributed by atoms with van der Waals surface area (Å²) in [6.45, 7) is 0.384. The number of para-hydroxylation sites is 1. The van der Waals surface area contributed by atoms with Crippen LogP contribution in [0.1, 0.15) is 12.1 Å². The van der Waals surface area contributed by atoms with Gasteiger partial charge in [0.05, 0.1) is 6.61 Å². The van der Waals surface area contributed by atoms with E-state index >= 15 is 0 Å². The van der Waals surface area contributed by atoms with Gasteiger partial charge in [0.1, 0.15) is 0 Å². The molecule has 1 N–H and O–H groups in total. The molecule has 98 valence electrons. The highest BCUT2D eigenvalue weighted by atomic mass is 16.5. The minimum Gasteiger partial charge on any atom is -0.449 e. The van der Waals surface area contributed by atoms with Crippen molar-refractivity contribution in [3.8, 4) is 0 Å². The molecule has 1 heterocycles. The molecule has 0 fully saturated rings. The van der Waals surface area contributed by atoms with Crippen LogP contribution >= 0.6 is 0 Å². The summed E-state index contributed by atoms with van der Waals surface area (Å²) in [6, 6.07) is 15.0. The molecule has 4 heteroatoms. The standard InChI is InChI=1S/C15H16N2O2/c18-15(17-14-8-2-1-3-9-14)19-12-6-10-13-7-4-5-11-16-13/h1-5,7-9,11H,6,10,12H2,(H,17,18). The highest BCUT2D eigenvalue weighted by Crippen LogP contribution is 2.05. The smallest absolute Gasteiger partial charge is 0.411 e. The average molecular weight is 256 g/mol. The average Bonchev–Trinajstić information content (AvgIpc) is 2.46. The van der Waals surface area contributed by atoms with Gasteiger partial charge in [-0.25, -0.2) is 4.79 Å². The van der Waals surface area contributed by atoms with E-state index in [2.05, 4.69) is 10.3 Å². The lowest BCUT2D eigenvalue weighted by atomic mass is 10.2. The van der Waals surface area contributed by atoms with Gasteiger partial charge in [0.15, 0.2) is 0 Å². The molecule has 0 aliphatic rings. The van der Waals surface area contributed by atoms with Gasteiger partial charge in [0, 0.05) is 17.6 Å². The van der Waals surface area contributed by atoms with Gasteiger partial charge in [-0.2, -0.15) is 0 Å². The molecule has 0 aliphatic carbocycles. The predicted octanol–water partition coefficient (Wildman–Crippen LogP) is 3.26. The molecule has 0 saturated carbocycles. The van der Waals surface area contributed by atoms with Crippen LogP contribution in [0.3, 0.4) is 0 Å². The number of hydrogen-bond acceptors (Lipinski definition) is 3. The van der Waals surface area contributed by atoms with E-state index in [0.29, 0.717) is 6.61 Å². The Morgan fingerprint density at radius 2 is 1.89 bits per heavy atom. The SMILES string of the molecule is O=C(Nc1ccccc1)OCCCc1ccccn1. The topological polar surface area (TPSA) is 51.2 Å². The summed E-state index contributed by atoms with van der Waals surface area (Å²) in [7, 11) is 0. The third-order valence-corrected chi connectivity index (χ3v) is 2.56. The van der Waals surface area contributed by atoms with Gasteiger partial charge in [0.2, 0.25) is 0 Å². The van der Waals surface area contributed by atoms with Crippen LogP contribution in [0.5, 0.6) is 0 Å². The molecule has 0 unspecified atom stereocenters. The number of rotatable bonds is 5. The number of benzene rings is 1. The van der Waals surface area contributed by atoms with Crippen molar-refractivity contribution in [1.82, 2.24) is 4.98 Å². The zero-order chi connectivity index (χ0) is 13.3. The van der Waals surface area contributed by atoms with Crippen molar-refractivity contribution in [2.45, 2.75) is 12.8 Å². The van der Waals surface area contributed by atoms with E-state index in [1.165, 1.54) is 0 Å². The number of aryl methyl sites for hydroxylation is 1. The summed E-state index contributed by atoms with van der Waals surface area (Å²) in [5.41, 5.74) is 1.74. The lowest BCUT2D eigenvalue weighted by Gasteiger charge is -2.06. The van der Waals surface area contributed by atoms with Crippen molar-refractivity contribution >= 4 is 11.8 Å². The van der Waals surface area contributed by atoms with Crippen molar-refractivity contribution in [1.29, 1.82) is 0 Å². The first-order chi connectivity index (χ1) is 9.34. The van der Waals surface area contributed by atoms with Crippen LogP contribution in [-0.4, -0.2) is 17.7 Å². The Bertz CT molecular complexity index is 500. The van der Waals surface area contributed by atoms with Gasteiger partial charge in [-0.05, 0) is 37.1 Å². The number of pyridine rings is 1. The predicted molar refractivity (Wildman–Crippen MR) is 74.0 cm³/mol. The van der Waals surface area contributed by atoms with Crippen molar-refractivity contribution in [2.24, 2.45) is 0 Å². The Morgan fingerprint density at radius 3 is 2.63 bits per heavy atom. The molecule has 0 saturated heterocycles. The van der Waals surface area contributed by atoms with Gasteiger partial charge in [-0.15, -0.1) is 0 Å². The fraction of sp³-hybridized carbons (Fsp3) is 0.200. The van der Waals surface area contributed by atoms with Crippen LogP contribution in [0.25, 0.3) is 0 Å². The fourth-order valence-electron chi connectivity index (χ4n) is 1.64. The monoisotopic (exact) mass is 256 g/mol. The summed E-state index contributed by atoms with van der Waals surface area (Å²) in [4.78, 5) is 15.7. The Labute approximate surface area is 112 Å². The van der Waals surface area contributed by atoms with Gasteiger partial charge in [0.25, 0.3) is 0 Å². The first-order valence-electron chi connectivity index (χ1n) is 6.23. The molecule has 0 spiro atoms. The van der Waals surface area contributed by atoms with Crippen LogP contribution in [0.2, 0.25) is 0 Å². The molecule has 0 bridgehead atoms. The first-order valence-corrected chi connectivity index (χ1v) is 6.23. The van der Waals surface area contributed by atoms with Gasteiger partial charge >= 0.3 is 6.09 Å². The zero-order valence-corrected chi connectivity index (χ0v) is 10.6. The molecule has 2 aromatic rings. The molecule has 2 rings (SSSR count). The lowest BCUT2D eigenvalue weighted by molar-refractivity contribution is 0.160. The molecule has 1 aromatic heterocycles. The van der Waals surface area contributed by atoms with Gasteiger partial charge in [-0.1, -0.05) is 24.3 Å². The summed E-state index contributed by atoms with van der Waals surface area (Å²) in [5, 5.41) is 2.66. The summed E-state index contributed by atoms with van der Waals surface area (Å²) in [6.07, 6.45) is 2.91. The van der Waals surface area contributed by atoms with Crippen LogP contribution in [0.15, 0.2) is 54.7 Å². The largest absolute Gasteiger partial charge is 0.449 e. The van der Waals surface area contributed by atoms with Crippen molar-refractivity contribution in [3.05, 3.63) is 60.4 Å². The number of nitrogens with zero attached hydrogens (tertiary/aromatic N) is 1. The normalized spacial score (nSPS) is 9.89. The molecule has 0 atom stereocenters. The third kappa shape index (κ3) is 4.79. The van der Waals surface area contributed by atoms with Gasteiger partial charge < -0.3 is 4.74 Å². The molecule has 0 radical (unpaired) electrons. The maximum Gasteiger partial charge on any atom is 0.411 e. The Hall–Kier alpha value is -2.36. The number of carbonyl (C=O) groups excluding carboxylic acids is 1. The second-order valence-corrected chi connectivity index (χ2v) is 4.05. The van der Waals surface area contributed by atoms with Crippen LogP contribution in [0.4, 0.5) is 10.5 Å². The van der Waals surface area contributed by atoms with E-state index in [1.807, 2.05) is 48.5 Å². The van der Waals surface area contributed by atoms with E-state index in [4.69, 9.17) is 4.74 Å². The quantitative estimate of drug-likeness (QED) is 0.835. The molecule has 1 aromatic carbocycles. The second-order valence-electron chi connectivity index (χ2n) is 4.05.